The van der Waals surface area contributed by atoms with Crippen molar-refractivity contribution in [2.45, 2.75) is 51.8 Å². The fourth-order valence-corrected chi connectivity index (χ4v) is 2.84. The molecule has 1 unspecified atom stereocenters. The first-order valence-electron chi connectivity index (χ1n) is 8.34. The highest BCUT2D eigenvalue weighted by Crippen LogP contribution is 2.33. The van der Waals surface area contributed by atoms with E-state index in [1.54, 1.807) is 19.9 Å². The van der Waals surface area contributed by atoms with E-state index < -0.39 is 36.2 Å². The smallest absolute Gasteiger partial charge is 0.368 e. The van der Waals surface area contributed by atoms with E-state index in [9.17, 15) is 26.7 Å². The van der Waals surface area contributed by atoms with Crippen LogP contribution in [0.3, 0.4) is 0 Å². The monoisotopic (exact) mass is 381 g/mol. The molecule has 9 heteroatoms. The number of amides is 1. The van der Waals surface area contributed by atoms with E-state index in [-0.39, 0.29) is 18.8 Å². The summed E-state index contributed by atoms with van der Waals surface area (Å²) in [5.41, 5.74) is -0.888. The molecular weight excluding hydrogens is 357 g/mol. The Morgan fingerprint density at radius 1 is 1.38 bits per heavy atom. The SMILES string of the molecule is C\C=C(/C=N\C(=C\CC)NC[C@@H]1C(C)CC(F)(F)CN1C=O)C(F)(F)F. The number of aliphatic imine (C=N–C) groups is 1. The molecule has 4 nitrogen and oxygen atoms in total. The van der Waals surface area contributed by atoms with E-state index in [1.165, 1.54) is 6.92 Å². The average Bonchev–Trinajstić information content (AvgIpc) is 2.51. The van der Waals surface area contributed by atoms with Crippen molar-refractivity contribution in [3.63, 3.8) is 0 Å². The van der Waals surface area contributed by atoms with E-state index in [0.29, 0.717) is 19.0 Å². The summed E-state index contributed by atoms with van der Waals surface area (Å²) in [5, 5.41) is 2.87. The number of nitrogens with zero attached hydrogens (tertiary/aromatic N) is 2. The van der Waals surface area contributed by atoms with Gasteiger partial charge in [0.1, 0.15) is 5.82 Å². The van der Waals surface area contributed by atoms with Crippen LogP contribution in [-0.2, 0) is 4.79 Å². The van der Waals surface area contributed by atoms with Crippen molar-refractivity contribution in [1.29, 1.82) is 0 Å². The van der Waals surface area contributed by atoms with Crippen LogP contribution in [0.1, 0.15) is 33.6 Å². The quantitative estimate of drug-likeness (QED) is 0.413. The average molecular weight is 381 g/mol. The molecule has 26 heavy (non-hydrogen) atoms. The third-order valence-electron chi connectivity index (χ3n) is 4.12. The first-order valence-corrected chi connectivity index (χ1v) is 8.34. The van der Waals surface area contributed by atoms with E-state index >= 15 is 0 Å². The van der Waals surface area contributed by atoms with Gasteiger partial charge in [-0.25, -0.2) is 13.8 Å². The molecule has 0 bridgehead atoms. The molecule has 1 N–H and O–H groups in total. The third kappa shape index (κ3) is 6.42. The number of rotatable bonds is 7. The maximum absolute atomic E-state index is 13.6. The summed E-state index contributed by atoms with van der Waals surface area (Å²) < 4.78 is 65.4. The van der Waals surface area contributed by atoms with Gasteiger partial charge in [0.25, 0.3) is 5.92 Å². The van der Waals surface area contributed by atoms with Crippen LogP contribution >= 0.6 is 0 Å². The van der Waals surface area contributed by atoms with Crippen molar-refractivity contribution in [2.24, 2.45) is 10.9 Å². The van der Waals surface area contributed by atoms with Gasteiger partial charge >= 0.3 is 6.18 Å². The van der Waals surface area contributed by atoms with Gasteiger partial charge in [0.15, 0.2) is 0 Å². The predicted octanol–water partition coefficient (Wildman–Crippen LogP) is 3.91. The third-order valence-corrected chi connectivity index (χ3v) is 4.12. The number of hydrogen-bond donors (Lipinski definition) is 1. The summed E-state index contributed by atoms with van der Waals surface area (Å²) in [6.07, 6.45) is -0.745. The second-order valence-electron chi connectivity index (χ2n) is 6.26. The molecule has 148 valence electrons. The summed E-state index contributed by atoms with van der Waals surface area (Å²) in [5.74, 6) is -3.21. The lowest BCUT2D eigenvalue weighted by molar-refractivity contribution is -0.140. The number of carbonyl (C=O) groups excluding carboxylic acids is 1. The van der Waals surface area contributed by atoms with Crippen LogP contribution in [-0.4, -0.2) is 48.8 Å². The van der Waals surface area contributed by atoms with Crippen LogP contribution in [0.25, 0.3) is 0 Å². The molecule has 1 aliphatic rings. The molecule has 2 atom stereocenters. The van der Waals surface area contributed by atoms with Crippen LogP contribution < -0.4 is 5.32 Å². The highest BCUT2D eigenvalue weighted by Gasteiger charge is 2.43. The summed E-state index contributed by atoms with van der Waals surface area (Å²) in [4.78, 5) is 16.0. The van der Waals surface area contributed by atoms with Crippen molar-refractivity contribution in [3.8, 4) is 0 Å². The lowest BCUT2D eigenvalue weighted by atomic mass is 9.89. The number of likely N-dealkylation sites (tertiary alicyclic amines) is 1. The first-order chi connectivity index (χ1) is 12.0. The van der Waals surface area contributed by atoms with Gasteiger partial charge < -0.3 is 10.2 Å². The van der Waals surface area contributed by atoms with Crippen LogP contribution in [0.2, 0.25) is 0 Å². The number of nitrogens with one attached hydrogen (secondary N) is 1. The number of allylic oxidation sites excluding steroid dienone is 3. The molecule has 1 fully saturated rings. The number of halogens is 5. The number of hydrogen-bond acceptors (Lipinski definition) is 3. The second-order valence-corrected chi connectivity index (χ2v) is 6.26. The minimum absolute atomic E-state index is 0.121. The molecule has 1 aliphatic heterocycles. The Morgan fingerprint density at radius 3 is 2.54 bits per heavy atom. The highest BCUT2D eigenvalue weighted by molar-refractivity contribution is 5.80. The standard InChI is InChI=1S/C17H24F5N3O/c1-4-6-15(23-8-13(5-2)17(20,21)22)24-9-14-12(3)7-16(18,19)10-25(14)11-26/h5-6,8,11-12,14,24H,4,7,9-10H2,1-3H3/b13-5+,15-6-,23-8-/t12?,14-/m1/s1. The fourth-order valence-electron chi connectivity index (χ4n) is 2.84. The Hall–Kier alpha value is -1.93. The van der Waals surface area contributed by atoms with Crippen LogP contribution in [0.4, 0.5) is 22.0 Å². The lowest BCUT2D eigenvalue weighted by Crippen LogP contribution is -2.55. The molecule has 0 aromatic rings. The van der Waals surface area contributed by atoms with Gasteiger partial charge in [-0.15, -0.1) is 0 Å². The van der Waals surface area contributed by atoms with Gasteiger partial charge in [0.05, 0.1) is 18.2 Å². The van der Waals surface area contributed by atoms with Crippen molar-refractivity contribution < 1.29 is 26.7 Å². The highest BCUT2D eigenvalue weighted by atomic mass is 19.4. The van der Waals surface area contributed by atoms with Crippen LogP contribution in [0, 0.1) is 5.92 Å². The zero-order chi connectivity index (χ0) is 20.0. The zero-order valence-electron chi connectivity index (χ0n) is 15.0. The Balaban J connectivity index is 2.83. The van der Waals surface area contributed by atoms with Gasteiger partial charge in [-0.1, -0.05) is 19.9 Å². The van der Waals surface area contributed by atoms with Gasteiger partial charge in [0.2, 0.25) is 6.41 Å². The van der Waals surface area contributed by atoms with Gasteiger partial charge in [-0.05, 0) is 25.3 Å². The molecule has 0 radical (unpaired) electrons. The maximum Gasteiger partial charge on any atom is 0.417 e. The van der Waals surface area contributed by atoms with E-state index in [4.69, 9.17) is 0 Å². The topological polar surface area (TPSA) is 44.7 Å². The molecule has 0 spiro atoms. The van der Waals surface area contributed by atoms with Crippen molar-refractivity contribution >= 4 is 12.6 Å². The molecule has 1 rings (SSSR count). The fraction of sp³-hybridized carbons (Fsp3) is 0.647. The summed E-state index contributed by atoms with van der Waals surface area (Å²) in [6, 6.07) is -0.494. The Kier molecular flexibility index (Phi) is 7.77. The van der Waals surface area contributed by atoms with Crippen molar-refractivity contribution in [1.82, 2.24) is 10.2 Å². The largest absolute Gasteiger partial charge is 0.417 e. The lowest BCUT2D eigenvalue weighted by Gasteiger charge is -2.41. The normalized spacial score (nSPS) is 24.8. The molecule has 1 saturated heterocycles. The second kappa shape index (κ2) is 9.14. The summed E-state index contributed by atoms with van der Waals surface area (Å²) in [7, 11) is 0. The van der Waals surface area contributed by atoms with Crippen LogP contribution in [0.5, 0.6) is 0 Å². The first kappa shape index (κ1) is 22.1. The molecule has 0 aromatic carbocycles. The summed E-state index contributed by atoms with van der Waals surface area (Å²) in [6.45, 7) is 4.12. The van der Waals surface area contributed by atoms with Gasteiger partial charge in [-0.3, -0.25) is 4.79 Å². The van der Waals surface area contributed by atoms with Gasteiger partial charge in [-0.2, -0.15) is 13.2 Å². The Bertz CT molecular complexity index is 569. The minimum atomic E-state index is -4.51. The molecule has 0 saturated carbocycles. The van der Waals surface area contributed by atoms with E-state index in [2.05, 4.69) is 10.3 Å². The summed E-state index contributed by atoms with van der Waals surface area (Å²) >= 11 is 0. The Labute approximate surface area is 149 Å². The molecule has 1 amide bonds. The molecule has 0 aromatic heterocycles. The molecular formula is C17H24F5N3O. The predicted molar refractivity (Wildman–Crippen MR) is 90.0 cm³/mol. The van der Waals surface area contributed by atoms with Crippen LogP contribution in [0.15, 0.2) is 28.5 Å². The van der Waals surface area contributed by atoms with Crippen molar-refractivity contribution in [2.75, 3.05) is 13.1 Å². The minimum Gasteiger partial charge on any atom is -0.368 e. The van der Waals surface area contributed by atoms with Gasteiger partial charge in [0, 0.05) is 19.2 Å². The Morgan fingerprint density at radius 2 is 2.04 bits per heavy atom. The zero-order valence-corrected chi connectivity index (χ0v) is 15.0. The maximum atomic E-state index is 13.6. The number of carbonyl (C=O) groups is 1. The molecule has 1 heterocycles. The van der Waals surface area contributed by atoms with Crippen molar-refractivity contribution in [3.05, 3.63) is 23.5 Å². The number of alkyl halides is 5. The van der Waals surface area contributed by atoms with E-state index in [1.807, 2.05) is 0 Å². The number of piperidine rings is 1. The van der Waals surface area contributed by atoms with E-state index in [0.717, 1.165) is 11.0 Å². The molecule has 0 aliphatic carbocycles.